The summed E-state index contributed by atoms with van der Waals surface area (Å²) < 4.78 is 57.4. The van der Waals surface area contributed by atoms with E-state index in [0.717, 1.165) is 0 Å². The maximum absolute atomic E-state index is 15.0. The smallest absolute Gasteiger partial charge is 0.347 e. The van der Waals surface area contributed by atoms with Gasteiger partial charge in [0.05, 0.1) is 42.7 Å². The molecule has 0 aliphatic rings. The zero-order valence-corrected chi connectivity index (χ0v) is 24.3. The van der Waals surface area contributed by atoms with E-state index >= 15 is 4.39 Å². The molecule has 4 aromatic rings. The summed E-state index contributed by atoms with van der Waals surface area (Å²) in [6, 6.07) is 16.5. The first-order valence-corrected chi connectivity index (χ1v) is 12.7. The third-order valence-electron chi connectivity index (χ3n) is 6.38. The number of rotatable bonds is 11. The molecule has 0 aliphatic heterocycles. The van der Waals surface area contributed by atoms with Gasteiger partial charge in [-0.3, -0.25) is 0 Å². The maximum atomic E-state index is 15.0. The fourth-order valence-corrected chi connectivity index (χ4v) is 4.17. The topological polar surface area (TPSA) is 108 Å². The standard InChI is InChI=1S/C32H29FO10/c1-36-25-16-29(40-5)27(38-3)14-21(25)31(34)42-20-10-7-18(8-11-20)19-9-12-24(23(33)13-19)43-32(35)22-15-28(39-4)30(41-6)17-26(22)37-2/h7-17H,1-6H3. The number of carbonyl (C=O) groups is 2. The molecule has 0 unspecified atom stereocenters. The van der Waals surface area contributed by atoms with Crippen molar-refractivity contribution in [2.24, 2.45) is 0 Å². The molecule has 0 spiro atoms. The van der Waals surface area contributed by atoms with E-state index in [2.05, 4.69) is 0 Å². The van der Waals surface area contributed by atoms with Crippen molar-refractivity contribution < 1.29 is 51.9 Å². The lowest BCUT2D eigenvalue weighted by molar-refractivity contribution is 0.0717. The maximum Gasteiger partial charge on any atom is 0.347 e. The Morgan fingerprint density at radius 3 is 1.33 bits per heavy atom. The number of esters is 2. The van der Waals surface area contributed by atoms with Crippen molar-refractivity contribution in [2.45, 2.75) is 0 Å². The second-order valence-electron chi connectivity index (χ2n) is 8.76. The molecule has 224 valence electrons. The molecule has 4 rings (SSSR count). The molecule has 0 N–H and O–H groups in total. The minimum atomic E-state index is -0.846. The number of hydrogen-bond acceptors (Lipinski definition) is 10. The quantitative estimate of drug-likeness (QED) is 0.152. The summed E-state index contributed by atoms with van der Waals surface area (Å²) >= 11 is 0. The first-order chi connectivity index (χ1) is 20.8. The van der Waals surface area contributed by atoms with Crippen molar-refractivity contribution in [2.75, 3.05) is 42.7 Å². The van der Waals surface area contributed by atoms with Gasteiger partial charge in [-0.2, -0.15) is 0 Å². The van der Waals surface area contributed by atoms with E-state index in [1.807, 2.05) is 0 Å². The Labute approximate surface area is 247 Å². The van der Waals surface area contributed by atoms with E-state index in [1.165, 1.54) is 79.1 Å². The fraction of sp³-hybridized carbons (Fsp3) is 0.188. The largest absolute Gasteiger partial charge is 0.496 e. The van der Waals surface area contributed by atoms with Gasteiger partial charge in [0, 0.05) is 24.3 Å². The number of methoxy groups -OCH3 is 6. The van der Waals surface area contributed by atoms with Gasteiger partial charge < -0.3 is 37.9 Å². The molecule has 0 atom stereocenters. The van der Waals surface area contributed by atoms with Gasteiger partial charge in [0.1, 0.15) is 28.4 Å². The van der Waals surface area contributed by atoms with Crippen LogP contribution in [-0.2, 0) is 0 Å². The Balaban J connectivity index is 1.50. The predicted octanol–water partition coefficient (Wildman–Crippen LogP) is 5.98. The van der Waals surface area contributed by atoms with Crippen LogP contribution in [0.1, 0.15) is 20.7 Å². The van der Waals surface area contributed by atoms with Gasteiger partial charge in [0.2, 0.25) is 0 Å². The van der Waals surface area contributed by atoms with Crippen LogP contribution in [0.3, 0.4) is 0 Å². The number of ether oxygens (including phenoxy) is 8. The highest BCUT2D eigenvalue weighted by Crippen LogP contribution is 2.37. The van der Waals surface area contributed by atoms with Crippen molar-refractivity contribution in [1.29, 1.82) is 0 Å². The van der Waals surface area contributed by atoms with Crippen LogP contribution in [0.5, 0.6) is 46.0 Å². The molecule has 43 heavy (non-hydrogen) atoms. The number of hydrogen-bond donors (Lipinski definition) is 0. The van der Waals surface area contributed by atoms with Gasteiger partial charge in [-0.15, -0.1) is 0 Å². The lowest BCUT2D eigenvalue weighted by Crippen LogP contribution is -2.12. The van der Waals surface area contributed by atoms with Crippen LogP contribution in [0.4, 0.5) is 4.39 Å². The molecule has 4 aromatic carbocycles. The van der Waals surface area contributed by atoms with Gasteiger partial charge in [0.15, 0.2) is 34.6 Å². The average Bonchev–Trinajstić information content (AvgIpc) is 3.04. The highest BCUT2D eigenvalue weighted by atomic mass is 19.1. The molecule has 0 amide bonds. The van der Waals surface area contributed by atoms with Gasteiger partial charge in [-0.05, 0) is 35.4 Å². The van der Waals surface area contributed by atoms with E-state index in [0.29, 0.717) is 28.4 Å². The fourth-order valence-electron chi connectivity index (χ4n) is 4.17. The first-order valence-electron chi connectivity index (χ1n) is 12.7. The SMILES string of the molecule is COc1cc(OC)c(C(=O)Oc2ccc(-c3ccc(OC(=O)c4cc(OC)c(OC)cc4OC)c(F)c3)cc2)cc1OC. The molecule has 0 fully saturated rings. The van der Waals surface area contributed by atoms with E-state index < -0.39 is 17.8 Å². The summed E-state index contributed by atoms with van der Waals surface area (Å²) in [7, 11) is 8.60. The summed E-state index contributed by atoms with van der Waals surface area (Å²) in [5.74, 6) is -0.517. The Kier molecular flexibility index (Phi) is 9.56. The molecule has 0 bridgehead atoms. The van der Waals surface area contributed by atoms with Crippen LogP contribution in [0.15, 0.2) is 66.7 Å². The second kappa shape index (κ2) is 13.5. The lowest BCUT2D eigenvalue weighted by atomic mass is 10.1. The summed E-state index contributed by atoms with van der Waals surface area (Å²) in [6.45, 7) is 0. The van der Waals surface area contributed by atoms with Gasteiger partial charge in [-0.25, -0.2) is 14.0 Å². The number of halogens is 1. The minimum Gasteiger partial charge on any atom is -0.496 e. The van der Waals surface area contributed by atoms with Crippen LogP contribution in [-0.4, -0.2) is 54.6 Å². The molecular formula is C32H29FO10. The second-order valence-corrected chi connectivity index (χ2v) is 8.76. The molecule has 0 radical (unpaired) electrons. The normalized spacial score (nSPS) is 10.4. The zero-order valence-electron chi connectivity index (χ0n) is 24.3. The average molecular weight is 593 g/mol. The molecule has 0 saturated heterocycles. The van der Waals surface area contributed by atoms with Gasteiger partial charge in [0.25, 0.3) is 0 Å². The third kappa shape index (κ3) is 6.56. The predicted molar refractivity (Wildman–Crippen MR) is 154 cm³/mol. The van der Waals surface area contributed by atoms with Crippen molar-refractivity contribution in [1.82, 2.24) is 0 Å². The van der Waals surface area contributed by atoms with Crippen LogP contribution in [0.2, 0.25) is 0 Å². The molecule has 0 aliphatic carbocycles. The van der Waals surface area contributed by atoms with Gasteiger partial charge >= 0.3 is 11.9 Å². The van der Waals surface area contributed by atoms with Crippen LogP contribution >= 0.6 is 0 Å². The van der Waals surface area contributed by atoms with E-state index in [4.69, 9.17) is 37.9 Å². The number of benzene rings is 4. The highest BCUT2D eigenvalue weighted by molar-refractivity contribution is 5.96. The summed E-state index contributed by atoms with van der Waals surface area (Å²) in [4.78, 5) is 25.8. The van der Waals surface area contributed by atoms with Crippen LogP contribution in [0, 0.1) is 5.82 Å². The molecule has 11 heteroatoms. The lowest BCUT2D eigenvalue weighted by Gasteiger charge is -2.14. The minimum absolute atomic E-state index is 0.0273. The number of carbonyl (C=O) groups excluding carboxylic acids is 2. The van der Waals surface area contributed by atoms with Crippen LogP contribution in [0.25, 0.3) is 11.1 Å². The Bertz CT molecular complexity index is 1630. The summed E-state index contributed by atoms with van der Waals surface area (Å²) in [6.07, 6.45) is 0. The molecule has 0 heterocycles. The molecule has 0 saturated carbocycles. The van der Waals surface area contributed by atoms with Crippen molar-refractivity contribution in [3.05, 3.63) is 83.7 Å². The first kappa shape index (κ1) is 30.5. The Morgan fingerprint density at radius 1 is 0.465 bits per heavy atom. The highest BCUT2D eigenvalue weighted by Gasteiger charge is 2.22. The Hall–Kier alpha value is -5.45. The van der Waals surface area contributed by atoms with Gasteiger partial charge in [-0.1, -0.05) is 18.2 Å². The summed E-state index contributed by atoms with van der Waals surface area (Å²) in [5, 5.41) is 0. The third-order valence-corrected chi connectivity index (χ3v) is 6.38. The molecular weight excluding hydrogens is 563 g/mol. The van der Waals surface area contributed by atoms with E-state index in [9.17, 15) is 9.59 Å². The van der Waals surface area contributed by atoms with Crippen molar-refractivity contribution >= 4 is 11.9 Å². The summed E-state index contributed by atoms with van der Waals surface area (Å²) in [5.41, 5.74) is 1.30. The van der Waals surface area contributed by atoms with Crippen molar-refractivity contribution in [3.8, 4) is 57.1 Å². The molecule has 10 nitrogen and oxygen atoms in total. The molecule has 0 aromatic heterocycles. The van der Waals surface area contributed by atoms with E-state index in [-0.39, 0.29) is 39.9 Å². The van der Waals surface area contributed by atoms with E-state index in [1.54, 1.807) is 30.3 Å². The monoisotopic (exact) mass is 592 g/mol. The zero-order chi connectivity index (χ0) is 31.1. The Morgan fingerprint density at radius 2 is 0.884 bits per heavy atom. The van der Waals surface area contributed by atoms with Crippen molar-refractivity contribution in [3.63, 3.8) is 0 Å². The van der Waals surface area contributed by atoms with Crippen LogP contribution < -0.4 is 37.9 Å².